The number of anilines is 1. The molecule has 0 unspecified atom stereocenters. The van der Waals surface area contributed by atoms with Crippen LogP contribution in [0.2, 0.25) is 0 Å². The number of ether oxygens (including phenoxy) is 1. The Labute approximate surface area is 178 Å². The summed E-state index contributed by atoms with van der Waals surface area (Å²) in [6, 6.07) is 15.2. The van der Waals surface area contributed by atoms with Crippen molar-refractivity contribution in [1.29, 1.82) is 5.26 Å². The van der Waals surface area contributed by atoms with Gasteiger partial charge in [-0.25, -0.2) is 8.42 Å². The van der Waals surface area contributed by atoms with E-state index in [2.05, 4.69) is 37.9 Å². The average molecular weight is 509 g/mol. The van der Waals surface area contributed by atoms with Crippen molar-refractivity contribution in [3.8, 4) is 23.1 Å². The molecule has 146 valence electrons. The molecule has 0 radical (unpaired) electrons. The molecule has 3 aromatic rings. The van der Waals surface area contributed by atoms with E-state index in [1.807, 2.05) is 37.3 Å². The fourth-order valence-electron chi connectivity index (χ4n) is 3.23. The van der Waals surface area contributed by atoms with Gasteiger partial charge in [-0.2, -0.15) is 5.26 Å². The number of nitrogens with zero attached hydrogens (tertiary/aromatic N) is 2. The van der Waals surface area contributed by atoms with E-state index >= 15 is 0 Å². The summed E-state index contributed by atoms with van der Waals surface area (Å²) in [7, 11) is -3.34. The lowest BCUT2D eigenvalue weighted by Crippen LogP contribution is -2.09. The number of fused-ring (bicyclic) bond motifs is 1. The van der Waals surface area contributed by atoms with Gasteiger partial charge in [-0.15, -0.1) is 0 Å². The van der Waals surface area contributed by atoms with Crippen LogP contribution in [0.4, 0.5) is 5.69 Å². The van der Waals surface area contributed by atoms with E-state index in [0.29, 0.717) is 24.4 Å². The predicted molar refractivity (Wildman–Crippen MR) is 121 cm³/mol. The zero-order valence-electron chi connectivity index (χ0n) is 15.6. The molecule has 0 aliphatic rings. The standard InChI is InChI=1S/C20H20IN3O3S/c1-3-24-19-12-16(27-11-10-21)8-9-17(19)18(13-22)20(24)14-4-6-15(7-5-14)23-28(2,25)26/h4-9,12,23H,3,10-11H2,1-2H3. The van der Waals surface area contributed by atoms with Crippen LogP contribution in [-0.2, 0) is 16.6 Å². The molecule has 1 N–H and O–H groups in total. The minimum absolute atomic E-state index is 0.485. The molecule has 6 nitrogen and oxygen atoms in total. The van der Waals surface area contributed by atoms with Crippen LogP contribution in [0.1, 0.15) is 12.5 Å². The lowest BCUT2D eigenvalue weighted by molar-refractivity contribution is 0.347. The quantitative estimate of drug-likeness (QED) is 0.379. The molecule has 1 heterocycles. The Bertz CT molecular complexity index is 1150. The van der Waals surface area contributed by atoms with Crippen molar-refractivity contribution >= 4 is 49.2 Å². The minimum Gasteiger partial charge on any atom is -0.493 e. The maximum Gasteiger partial charge on any atom is 0.229 e. The van der Waals surface area contributed by atoms with Gasteiger partial charge in [-0.05, 0) is 36.8 Å². The van der Waals surface area contributed by atoms with Crippen molar-refractivity contribution in [2.45, 2.75) is 13.5 Å². The van der Waals surface area contributed by atoms with Crippen molar-refractivity contribution in [3.63, 3.8) is 0 Å². The number of halogens is 1. The summed E-state index contributed by atoms with van der Waals surface area (Å²) in [5.41, 5.74) is 3.69. The van der Waals surface area contributed by atoms with E-state index in [4.69, 9.17) is 4.74 Å². The zero-order valence-corrected chi connectivity index (χ0v) is 18.5. The first-order chi connectivity index (χ1) is 13.4. The Hall–Kier alpha value is -2.25. The molecule has 8 heteroatoms. The fourth-order valence-corrected chi connectivity index (χ4v) is 4.01. The molecule has 0 aliphatic carbocycles. The van der Waals surface area contributed by atoms with Gasteiger partial charge in [0.25, 0.3) is 0 Å². The number of rotatable bonds is 7. The van der Waals surface area contributed by atoms with Crippen LogP contribution in [0.15, 0.2) is 42.5 Å². The molecule has 0 saturated heterocycles. The van der Waals surface area contributed by atoms with E-state index in [9.17, 15) is 13.7 Å². The van der Waals surface area contributed by atoms with Crippen LogP contribution in [0, 0.1) is 11.3 Å². The van der Waals surface area contributed by atoms with Gasteiger partial charge in [0.2, 0.25) is 10.0 Å². The number of sulfonamides is 1. The van der Waals surface area contributed by atoms with Gasteiger partial charge < -0.3 is 9.30 Å². The molecule has 0 bridgehead atoms. The number of hydrogen-bond donors (Lipinski definition) is 1. The number of aryl methyl sites for hydroxylation is 1. The van der Waals surface area contributed by atoms with Crippen molar-refractivity contribution in [2.24, 2.45) is 0 Å². The lowest BCUT2D eigenvalue weighted by Gasteiger charge is -2.10. The SMILES string of the molecule is CCn1c(-c2ccc(NS(C)(=O)=O)cc2)c(C#N)c2ccc(OCCI)cc21. The van der Waals surface area contributed by atoms with Gasteiger partial charge in [-0.1, -0.05) is 34.7 Å². The van der Waals surface area contributed by atoms with E-state index in [0.717, 1.165) is 38.6 Å². The van der Waals surface area contributed by atoms with Gasteiger partial charge in [-0.3, -0.25) is 4.72 Å². The number of nitriles is 1. The second-order valence-corrected chi connectivity index (χ2v) is 9.07. The third-order valence-corrected chi connectivity index (χ3v) is 5.32. The van der Waals surface area contributed by atoms with Crippen LogP contribution in [-0.4, -0.2) is 30.3 Å². The lowest BCUT2D eigenvalue weighted by atomic mass is 10.1. The highest BCUT2D eigenvalue weighted by Gasteiger charge is 2.18. The highest BCUT2D eigenvalue weighted by Crippen LogP contribution is 2.35. The summed E-state index contributed by atoms with van der Waals surface area (Å²) < 4.78 is 34.0. The summed E-state index contributed by atoms with van der Waals surface area (Å²) >= 11 is 2.26. The topological polar surface area (TPSA) is 84.1 Å². The smallest absolute Gasteiger partial charge is 0.229 e. The Morgan fingerprint density at radius 2 is 1.93 bits per heavy atom. The summed E-state index contributed by atoms with van der Waals surface area (Å²) in [5.74, 6) is 0.778. The third kappa shape index (κ3) is 4.25. The molecular weight excluding hydrogens is 489 g/mol. The highest BCUT2D eigenvalue weighted by molar-refractivity contribution is 14.1. The Morgan fingerprint density at radius 3 is 2.50 bits per heavy atom. The molecule has 0 saturated carbocycles. The maximum atomic E-state index is 11.4. The van der Waals surface area contributed by atoms with Gasteiger partial charge in [0, 0.05) is 28.1 Å². The fraction of sp³-hybridized carbons (Fsp3) is 0.250. The first kappa shape index (κ1) is 20.5. The Kier molecular flexibility index (Phi) is 6.15. The average Bonchev–Trinajstić information content (AvgIpc) is 2.98. The molecule has 2 aromatic carbocycles. The van der Waals surface area contributed by atoms with E-state index in [1.54, 1.807) is 12.1 Å². The van der Waals surface area contributed by atoms with E-state index < -0.39 is 10.0 Å². The summed E-state index contributed by atoms with van der Waals surface area (Å²) in [6.45, 7) is 3.35. The molecule has 0 aliphatic heterocycles. The van der Waals surface area contributed by atoms with E-state index in [1.165, 1.54) is 0 Å². The summed E-state index contributed by atoms with van der Waals surface area (Å²) in [5, 5.41) is 10.7. The summed E-state index contributed by atoms with van der Waals surface area (Å²) in [6.07, 6.45) is 1.11. The largest absolute Gasteiger partial charge is 0.493 e. The van der Waals surface area contributed by atoms with Gasteiger partial charge in [0.1, 0.15) is 11.8 Å². The van der Waals surface area contributed by atoms with Crippen LogP contribution >= 0.6 is 22.6 Å². The highest BCUT2D eigenvalue weighted by atomic mass is 127. The molecule has 0 fully saturated rings. The zero-order chi connectivity index (χ0) is 20.3. The summed E-state index contributed by atoms with van der Waals surface area (Å²) in [4.78, 5) is 0. The molecule has 0 atom stereocenters. The molecule has 28 heavy (non-hydrogen) atoms. The first-order valence-corrected chi connectivity index (χ1v) is 12.1. The number of hydrogen-bond acceptors (Lipinski definition) is 4. The van der Waals surface area contributed by atoms with Gasteiger partial charge >= 0.3 is 0 Å². The number of nitrogens with one attached hydrogen (secondary N) is 1. The van der Waals surface area contributed by atoms with Gasteiger partial charge in [0.05, 0.1) is 29.6 Å². The number of alkyl halides is 1. The molecular formula is C20H20IN3O3S. The van der Waals surface area contributed by atoms with Crippen molar-refractivity contribution in [2.75, 3.05) is 22.0 Å². The third-order valence-electron chi connectivity index (χ3n) is 4.27. The van der Waals surface area contributed by atoms with Crippen LogP contribution in [0.5, 0.6) is 5.75 Å². The normalized spacial score (nSPS) is 11.4. The van der Waals surface area contributed by atoms with Crippen LogP contribution < -0.4 is 9.46 Å². The Morgan fingerprint density at radius 1 is 1.21 bits per heavy atom. The van der Waals surface area contributed by atoms with Crippen molar-refractivity contribution < 1.29 is 13.2 Å². The predicted octanol–water partition coefficient (Wildman–Crippen LogP) is 4.39. The molecule has 0 amide bonds. The Balaban J connectivity index is 2.13. The maximum absolute atomic E-state index is 11.4. The van der Waals surface area contributed by atoms with E-state index in [-0.39, 0.29) is 0 Å². The second kappa shape index (κ2) is 8.41. The van der Waals surface area contributed by atoms with Crippen LogP contribution in [0.25, 0.3) is 22.2 Å². The molecule has 1 aromatic heterocycles. The first-order valence-electron chi connectivity index (χ1n) is 8.71. The number of benzene rings is 2. The monoisotopic (exact) mass is 509 g/mol. The number of aromatic nitrogens is 1. The molecule has 0 spiro atoms. The van der Waals surface area contributed by atoms with Crippen LogP contribution in [0.3, 0.4) is 0 Å². The molecule has 3 rings (SSSR count). The van der Waals surface area contributed by atoms with Gasteiger partial charge in [0.15, 0.2) is 0 Å². The second-order valence-electron chi connectivity index (χ2n) is 6.25. The minimum atomic E-state index is -3.34. The van der Waals surface area contributed by atoms with Crippen molar-refractivity contribution in [1.82, 2.24) is 4.57 Å². The van der Waals surface area contributed by atoms with Crippen molar-refractivity contribution in [3.05, 3.63) is 48.0 Å².